The van der Waals surface area contributed by atoms with Crippen LogP contribution in [0.25, 0.3) is 0 Å². The number of allylic oxidation sites excluding steroid dienone is 8. The van der Waals surface area contributed by atoms with Crippen molar-refractivity contribution in [2.75, 3.05) is 0 Å². The summed E-state index contributed by atoms with van der Waals surface area (Å²) < 4.78 is 0. The molecule has 1 heteroatoms. The fourth-order valence-corrected chi connectivity index (χ4v) is 1.79. The van der Waals surface area contributed by atoms with E-state index in [4.69, 9.17) is 0 Å². The molecule has 0 unspecified atom stereocenters. The normalized spacial score (nSPS) is 24.5. The summed E-state index contributed by atoms with van der Waals surface area (Å²) in [5.74, 6) is 0.259. The summed E-state index contributed by atoms with van der Waals surface area (Å²) in [6.07, 6.45) is 8.76. The van der Waals surface area contributed by atoms with E-state index in [9.17, 15) is 4.79 Å². The number of Topliss-reactive ketones (excluding diaryl/α,β-unsaturated/α-hetero) is 1. The number of rotatable bonds is 0. The summed E-state index contributed by atoms with van der Waals surface area (Å²) in [4.78, 5) is 11.3. The van der Waals surface area contributed by atoms with E-state index in [0.29, 0.717) is 6.42 Å². The molecule has 0 radical (unpaired) electrons. The second-order valence-corrected chi connectivity index (χ2v) is 3.04. The van der Waals surface area contributed by atoms with Crippen LogP contribution in [0.2, 0.25) is 0 Å². The van der Waals surface area contributed by atoms with Gasteiger partial charge in [-0.1, -0.05) is 6.08 Å². The van der Waals surface area contributed by atoms with Gasteiger partial charge < -0.3 is 0 Å². The zero-order valence-electron chi connectivity index (χ0n) is 5.92. The van der Waals surface area contributed by atoms with Crippen molar-refractivity contribution in [2.24, 2.45) is 0 Å². The summed E-state index contributed by atoms with van der Waals surface area (Å²) in [6.45, 7) is 0. The number of ketones is 1. The van der Waals surface area contributed by atoms with Gasteiger partial charge in [0.2, 0.25) is 0 Å². The fourth-order valence-electron chi connectivity index (χ4n) is 1.79. The molecule has 0 aliphatic heterocycles. The van der Waals surface area contributed by atoms with Gasteiger partial charge in [0.15, 0.2) is 5.78 Å². The van der Waals surface area contributed by atoms with Crippen LogP contribution in [0.1, 0.15) is 6.42 Å². The van der Waals surface area contributed by atoms with Crippen LogP contribution >= 0.6 is 0 Å². The van der Waals surface area contributed by atoms with Crippen molar-refractivity contribution in [1.82, 2.24) is 0 Å². The third-order valence-corrected chi connectivity index (χ3v) is 2.37. The molecule has 0 amide bonds. The molecule has 0 heterocycles. The average molecular weight is 142 g/mol. The van der Waals surface area contributed by atoms with E-state index in [0.717, 1.165) is 11.1 Å². The molecule has 4 aliphatic rings. The lowest BCUT2D eigenvalue weighted by Crippen LogP contribution is -1.98. The minimum atomic E-state index is 0.259. The second kappa shape index (κ2) is 1.45. The Morgan fingerprint density at radius 1 is 1.00 bits per heavy atom. The maximum absolute atomic E-state index is 11.3. The SMILES string of the molecule is O=C1CC=C2C=C3C=C2C=C13. The Morgan fingerprint density at radius 2 is 1.82 bits per heavy atom. The molecule has 4 rings (SSSR count). The van der Waals surface area contributed by atoms with Gasteiger partial charge >= 0.3 is 0 Å². The van der Waals surface area contributed by atoms with Crippen LogP contribution in [-0.2, 0) is 4.79 Å². The Labute approximate surface area is 64.4 Å². The number of carbonyl (C=O) groups excluding carboxylic acids is 1. The van der Waals surface area contributed by atoms with E-state index in [1.165, 1.54) is 11.1 Å². The van der Waals surface area contributed by atoms with Crippen molar-refractivity contribution < 1.29 is 4.79 Å². The van der Waals surface area contributed by atoms with Crippen LogP contribution in [0, 0.1) is 0 Å². The number of hydrogen-bond acceptors (Lipinski definition) is 1. The van der Waals surface area contributed by atoms with Gasteiger partial charge in [-0.05, 0) is 34.9 Å². The van der Waals surface area contributed by atoms with Gasteiger partial charge in [0.05, 0.1) is 0 Å². The van der Waals surface area contributed by atoms with Gasteiger partial charge in [-0.2, -0.15) is 0 Å². The van der Waals surface area contributed by atoms with Crippen LogP contribution in [0.3, 0.4) is 0 Å². The van der Waals surface area contributed by atoms with Crippen molar-refractivity contribution >= 4 is 5.78 Å². The first-order valence-electron chi connectivity index (χ1n) is 3.74. The first kappa shape index (κ1) is 5.30. The maximum atomic E-state index is 11.3. The van der Waals surface area contributed by atoms with Crippen molar-refractivity contribution in [3.63, 3.8) is 0 Å². The minimum Gasteiger partial charge on any atom is -0.294 e. The molecule has 52 valence electrons. The third kappa shape index (κ3) is 0.497. The smallest absolute Gasteiger partial charge is 0.167 e. The lowest BCUT2D eigenvalue weighted by molar-refractivity contribution is -0.114. The molecule has 0 aromatic rings. The molecule has 4 bridgehead atoms. The predicted octanol–water partition coefficient (Wildman–Crippen LogP) is 1.69. The average Bonchev–Trinajstić information content (AvgIpc) is 2.50. The third-order valence-electron chi connectivity index (χ3n) is 2.37. The number of fused-ring (bicyclic) bond motifs is 2. The first-order chi connectivity index (χ1) is 5.34. The fraction of sp³-hybridized carbons (Fsp3) is 0.100. The largest absolute Gasteiger partial charge is 0.294 e. The van der Waals surface area contributed by atoms with E-state index in [1.54, 1.807) is 0 Å². The van der Waals surface area contributed by atoms with Crippen molar-refractivity contribution in [3.05, 3.63) is 46.6 Å². The monoisotopic (exact) mass is 142 g/mol. The van der Waals surface area contributed by atoms with Gasteiger partial charge in [0, 0.05) is 12.0 Å². The van der Waals surface area contributed by atoms with E-state index in [-0.39, 0.29) is 5.78 Å². The second-order valence-electron chi connectivity index (χ2n) is 3.04. The predicted molar refractivity (Wildman–Crippen MR) is 42.0 cm³/mol. The molecule has 0 fully saturated rings. The molecule has 0 saturated carbocycles. The van der Waals surface area contributed by atoms with Crippen molar-refractivity contribution in [3.8, 4) is 0 Å². The van der Waals surface area contributed by atoms with Gasteiger partial charge in [0.25, 0.3) is 0 Å². The Morgan fingerprint density at radius 3 is 2.55 bits per heavy atom. The summed E-state index contributed by atoms with van der Waals surface area (Å²) >= 11 is 0. The summed E-state index contributed by atoms with van der Waals surface area (Å²) in [6, 6.07) is 0. The van der Waals surface area contributed by atoms with E-state index in [1.807, 2.05) is 12.2 Å². The highest BCUT2D eigenvalue weighted by Crippen LogP contribution is 2.39. The molecule has 11 heavy (non-hydrogen) atoms. The topological polar surface area (TPSA) is 17.1 Å². The highest BCUT2D eigenvalue weighted by molar-refractivity contribution is 6.06. The van der Waals surface area contributed by atoms with Crippen LogP contribution in [0.5, 0.6) is 0 Å². The van der Waals surface area contributed by atoms with Gasteiger partial charge in [-0.25, -0.2) is 0 Å². The summed E-state index contributed by atoms with van der Waals surface area (Å²) in [5, 5.41) is 0. The molecule has 0 N–H and O–H groups in total. The zero-order chi connectivity index (χ0) is 7.42. The molecule has 0 atom stereocenters. The van der Waals surface area contributed by atoms with Gasteiger partial charge in [-0.3, -0.25) is 4.79 Å². The minimum absolute atomic E-state index is 0.259. The lowest BCUT2D eigenvalue weighted by Gasteiger charge is -1.99. The highest BCUT2D eigenvalue weighted by Gasteiger charge is 2.27. The summed E-state index contributed by atoms with van der Waals surface area (Å²) in [5.41, 5.74) is 4.49. The Bertz CT molecular complexity index is 389. The molecule has 0 spiro atoms. The van der Waals surface area contributed by atoms with Crippen LogP contribution in [0.15, 0.2) is 46.6 Å². The highest BCUT2D eigenvalue weighted by atomic mass is 16.1. The molecule has 0 saturated heterocycles. The van der Waals surface area contributed by atoms with E-state index < -0.39 is 0 Å². The Hall–Kier alpha value is -1.37. The van der Waals surface area contributed by atoms with Crippen LogP contribution in [0.4, 0.5) is 0 Å². The zero-order valence-corrected chi connectivity index (χ0v) is 5.92. The maximum Gasteiger partial charge on any atom is 0.167 e. The van der Waals surface area contributed by atoms with Crippen LogP contribution in [-0.4, -0.2) is 5.78 Å². The molecular formula is C10H6O. The van der Waals surface area contributed by atoms with Crippen molar-refractivity contribution in [1.29, 1.82) is 0 Å². The Balaban J connectivity index is 2.37. The molecule has 1 nitrogen and oxygen atoms in total. The van der Waals surface area contributed by atoms with Gasteiger partial charge in [-0.15, -0.1) is 0 Å². The van der Waals surface area contributed by atoms with Gasteiger partial charge in [0.1, 0.15) is 0 Å². The molecular weight excluding hydrogens is 136 g/mol. The van der Waals surface area contributed by atoms with Crippen molar-refractivity contribution in [2.45, 2.75) is 6.42 Å². The number of carbonyl (C=O) groups is 1. The molecule has 0 aromatic carbocycles. The van der Waals surface area contributed by atoms with E-state index in [2.05, 4.69) is 12.2 Å². The molecule has 4 aliphatic carbocycles. The quantitative estimate of drug-likeness (QED) is 0.503. The molecule has 0 aromatic heterocycles. The van der Waals surface area contributed by atoms with E-state index >= 15 is 0 Å². The summed E-state index contributed by atoms with van der Waals surface area (Å²) in [7, 11) is 0. The first-order valence-corrected chi connectivity index (χ1v) is 3.74. The number of hydrogen-bond donors (Lipinski definition) is 0. The van der Waals surface area contributed by atoms with Crippen LogP contribution < -0.4 is 0 Å². The standard InChI is InChI=1S/C10H6O/c11-10-2-1-6-3-8-4-7(6)5-9(8)10/h1,3-5H,2H2. The Kier molecular flexibility index (Phi) is 0.698. The lowest BCUT2D eigenvalue weighted by atomic mass is 10.0.